The Hall–Kier alpha value is -1.36. The van der Waals surface area contributed by atoms with Crippen molar-refractivity contribution in [2.75, 3.05) is 0 Å². The Morgan fingerprint density at radius 3 is 2.68 bits per heavy atom. The highest BCUT2D eigenvalue weighted by Gasteiger charge is 2.24. The quantitative estimate of drug-likeness (QED) is 0.810. The van der Waals surface area contributed by atoms with Crippen LogP contribution >= 0.6 is 22.6 Å². The van der Waals surface area contributed by atoms with E-state index in [4.69, 9.17) is 0 Å². The van der Waals surface area contributed by atoms with Crippen molar-refractivity contribution in [2.45, 2.75) is 18.9 Å². The van der Waals surface area contributed by atoms with Crippen molar-refractivity contribution in [1.29, 1.82) is 0 Å². The maximum absolute atomic E-state index is 12.3. The largest absolute Gasteiger partial charge is 0.345 e. The number of rotatable bonds is 2. The van der Waals surface area contributed by atoms with Gasteiger partial charge in [-0.25, -0.2) is 0 Å². The Kier molecular flexibility index (Phi) is 3.55. The predicted molar refractivity (Wildman–Crippen MR) is 84.1 cm³/mol. The summed E-state index contributed by atoms with van der Waals surface area (Å²) in [6, 6.07) is 16.2. The van der Waals surface area contributed by atoms with Gasteiger partial charge in [0, 0.05) is 3.57 Å². The van der Waals surface area contributed by atoms with Crippen molar-refractivity contribution < 1.29 is 4.79 Å². The molecule has 1 amide bonds. The summed E-state index contributed by atoms with van der Waals surface area (Å²) < 4.78 is 0.990. The molecule has 2 nitrogen and oxygen atoms in total. The number of aryl methyl sites for hydroxylation is 1. The van der Waals surface area contributed by atoms with E-state index < -0.39 is 0 Å². The van der Waals surface area contributed by atoms with Crippen LogP contribution in [0.4, 0.5) is 0 Å². The van der Waals surface area contributed by atoms with Crippen LogP contribution in [0, 0.1) is 3.57 Å². The molecule has 0 radical (unpaired) electrons. The first kappa shape index (κ1) is 12.7. The number of fused-ring (bicyclic) bond motifs is 1. The van der Waals surface area contributed by atoms with Crippen LogP contribution in [0.15, 0.2) is 48.5 Å². The van der Waals surface area contributed by atoms with E-state index in [0.717, 1.165) is 22.0 Å². The lowest BCUT2D eigenvalue weighted by Gasteiger charge is -2.14. The molecule has 2 aromatic rings. The number of amides is 1. The average Bonchev–Trinajstić information content (AvgIpc) is 2.83. The molecule has 0 aliphatic heterocycles. The fourth-order valence-electron chi connectivity index (χ4n) is 2.59. The van der Waals surface area contributed by atoms with Crippen molar-refractivity contribution in [3.63, 3.8) is 0 Å². The molecule has 3 rings (SSSR count). The summed E-state index contributed by atoms with van der Waals surface area (Å²) in [7, 11) is 0. The molecule has 0 saturated carbocycles. The van der Waals surface area contributed by atoms with E-state index in [1.54, 1.807) is 0 Å². The predicted octanol–water partition coefficient (Wildman–Crippen LogP) is 3.71. The molecule has 1 aliphatic rings. The van der Waals surface area contributed by atoms with Crippen molar-refractivity contribution in [3.8, 4) is 0 Å². The van der Waals surface area contributed by atoms with Gasteiger partial charge in [0.2, 0.25) is 0 Å². The van der Waals surface area contributed by atoms with Gasteiger partial charge in [-0.2, -0.15) is 0 Å². The van der Waals surface area contributed by atoms with Gasteiger partial charge in [0.05, 0.1) is 11.6 Å². The monoisotopic (exact) mass is 363 g/mol. The smallest absolute Gasteiger partial charge is 0.252 e. The molecule has 19 heavy (non-hydrogen) atoms. The van der Waals surface area contributed by atoms with Gasteiger partial charge < -0.3 is 5.32 Å². The molecule has 2 aromatic carbocycles. The highest BCUT2D eigenvalue weighted by Crippen LogP contribution is 2.31. The first-order valence-electron chi connectivity index (χ1n) is 6.39. The molecule has 0 heterocycles. The summed E-state index contributed by atoms with van der Waals surface area (Å²) in [4.78, 5) is 12.3. The lowest BCUT2D eigenvalue weighted by atomic mass is 10.1. The van der Waals surface area contributed by atoms with Gasteiger partial charge in [0.25, 0.3) is 5.91 Å². The normalized spacial score (nSPS) is 17.0. The zero-order valence-corrected chi connectivity index (χ0v) is 12.6. The Morgan fingerprint density at radius 1 is 1.11 bits per heavy atom. The zero-order chi connectivity index (χ0) is 13.2. The number of carbonyl (C=O) groups excluding carboxylic acids is 1. The molecule has 1 aliphatic carbocycles. The molecule has 0 aromatic heterocycles. The highest BCUT2D eigenvalue weighted by molar-refractivity contribution is 14.1. The van der Waals surface area contributed by atoms with Gasteiger partial charge in [-0.05, 0) is 58.7 Å². The number of halogens is 1. The topological polar surface area (TPSA) is 29.1 Å². The third-order valence-electron chi connectivity index (χ3n) is 3.56. The Morgan fingerprint density at radius 2 is 1.84 bits per heavy atom. The Bertz CT molecular complexity index is 624. The molecule has 0 fully saturated rings. The van der Waals surface area contributed by atoms with Crippen molar-refractivity contribution in [2.24, 2.45) is 0 Å². The van der Waals surface area contributed by atoms with E-state index in [-0.39, 0.29) is 11.9 Å². The summed E-state index contributed by atoms with van der Waals surface area (Å²) in [5.41, 5.74) is 3.38. The molecule has 0 spiro atoms. The summed E-state index contributed by atoms with van der Waals surface area (Å²) in [6.45, 7) is 0. The van der Waals surface area contributed by atoms with Crippen molar-refractivity contribution in [1.82, 2.24) is 5.32 Å². The van der Waals surface area contributed by atoms with Gasteiger partial charge >= 0.3 is 0 Å². The third-order valence-corrected chi connectivity index (χ3v) is 4.50. The number of carbonyl (C=O) groups is 1. The minimum absolute atomic E-state index is 0.0201. The maximum atomic E-state index is 12.3. The SMILES string of the molecule is O=C(NC1CCc2ccccc21)c1ccccc1I. The number of benzene rings is 2. The highest BCUT2D eigenvalue weighted by atomic mass is 127. The van der Waals surface area contributed by atoms with Crippen LogP contribution in [0.1, 0.15) is 33.9 Å². The van der Waals surface area contributed by atoms with Gasteiger partial charge in [-0.15, -0.1) is 0 Å². The summed E-state index contributed by atoms with van der Waals surface area (Å²) in [5, 5.41) is 3.15. The zero-order valence-electron chi connectivity index (χ0n) is 10.4. The molecule has 1 unspecified atom stereocenters. The average molecular weight is 363 g/mol. The van der Waals surface area contributed by atoms with E-state index in [1.807, 2.05) is 30.3 Å². The van der Waals surface area contributed by atoms with Crippen LogP contribution in [-0.2, 0) is 6.42 Å². The van der Waals surface area contributed by atoms with Crippen LogP contribution in [0.2, 0.25) is 0 Å². The van der Waals surface area contributed by atoms with Crippen LogP contribution in [0.25, 0.3) is 0 Å². The standard InChI is InChI=1S/C16H14INO/c17-14-8-4-3-7-13(14)16(19)18-15-10-9-11-5-1-2-6-12(11)15/h1-8,15H,9-10H2,(H,18,19). The molecule has 0 bridgehead atoms. The van der Waals surface area contributed by atoms with Crippen LogP contribution in [-0.4, -0.2) is 5.91 Å². The molecule has 0 saturated heterocycles. The van der Waals surface area contributed by atoms with E-state index in [1.165, 1.54) is 11.1 Å². The van der Waals surface area contributed by atoms with E-state index in [2.05, 4.69) is 46.1 Å². The molecule has 1 atom stereocenters. The fraction of sp³-hybridized carbons (Fsp3) is 0.188. The second-order valence-electron chi connectivity index (χ2n) is 4.74. The van der Waals surface area contributed by atoms with Gasteiger partial charge in [0.1, 0.15) is 0 Å². The lowest BCUT2D eigenvalue weighted by molar-refractivity contribution is 0.0936. The maximum Gasteiger partial charge on any atom is 0.252 e. The number of hydrogen-bond donors (Lipinski definition) is 1. The second kappa shape index (κ2) is 5.33. The Labute approximate surface area is 126 Å². The second-order valence-corrected chi connectivity index (χ2v) is 5.91. The van der Waals surface area contributed by atoms with Crippen LogP contribution < -0.4 is 5.32 Å². The van der Waals surface area contributed by atoms with E-state index >= 15 is 0 Å². The summed E-state index contributed by atoms with van der Waals surface area (Å²) >= 11 is 2.20. The molecular weight excluding hydrogens is 349 g/mol. The van der Waals surface area contributed by atoms with Crippen LogP contribution in [0.5, 0.6) is 0 Å². The van der Waals surface area contributed by atoms with Crippen molar-refractivity contribution >= 4 is 28.5 Å². The summed E-state index contributed by atoms with van der Waals surface area (Å²) in [5.74, 6) is 0.0201. The van der Waals surface area contributed by atoms with Gasteiger partial charge in [-0.3, -0.25) is 4.79 Å². The fourth-order valence-corrected chi connectivity index (χ4v) is 3.22. The molecular formula is C16H14INO. The van der Waals surface area contributed by atoms with Gasteiger partial charge in [-0.1, -0.05) is 36.4 Å². The Balaban J connectivity index is 1.81. The molecule has 3 heteroatoms. The first-order valence-corrected chi connectivity index (χ1v) is 7.47. The molecule has 1 N–H and O–H groups in total. The van der Waals surface area contributed by atoms with Crippen molar-refractivity contribution in [3.05, 3.63) is 68.8 Å². The lowest BCUT2D eigenvalue weighted by Crippen LogP contribution is -2.27. The minimum atomic E-state index is 0.0201. The molecule has 96 valence electrons. The summed E-state index contributed by atoms with van der Waals surface area (Å²) in [6.07, 6.45) is 2.04. The van der Waals surface area contributed by atoms with Crippen LogP contribution in [0.3, 0.4) is 0 Å². The first-order chi connectivity index (χ1) is 9.25. The number of nitrogens with one attached hydrogen (secondary N) is 1. The van der Waals surface area contributed by atoms with E-state index in [9.17, 15) is 4.79 Å². The van der Waals surface area contributed by atoms with Gasteiger partial charge in [0.15, 0.2) is 0 Å². The third kappa shape index (κ3) is 2.52. The van der Waals surface area contributed by atoms with E-state index in [0.29, 0.717) is 0 Å². The minimum Gasteiger partial charge on any atom is -0.345 e. The number of hydrogen-bond acceptors (Lipinski definition) is 1.